The monoisotopic (exact) mass is 641 g/mol. The van der Waals surface area contributed by atoms with Crippen molar-refractivity contribution in [2.24, 2.45) is 0 Å². The minimum atomic E-state index is -4.45. The Morgan fingerprint density at radius 1 is 0.614 bits per heavy atom. The van der Waals surface area contributed by atoms with Crippen molar-refractivity contribution in [2.75, 3.05) is 5.75 Å². The smallest absolute Gasteiger partial charge is 0.267 e. The summed E-state index contributed by atoms with van der Waals surface area (Å²) in [6, 6.07) is -1.25. The zero-order valence-electron chi connectivity index (χ0n) is 28.1. The molecule has 0 fully saturated rings. The number of hydrogen-bond acceptors (Lipinski definition) is 5. The highest BCUT2D eigenvalue weighted by atomic mass is 32.2. The minimum absolute atomic E-state index is 0.273. The van der Waals surface area contributed by atoms with Crippen molar-refractivity contribution in [3.05, 3.63) is 36.5 Å². The molecule has 7 nitrogen and oxygen atoms in total. The maximum Gasteiger partial charge on any atom is 0.267 e. The van der Waals surface area contributed by atoms with Gasteiger partial charge in [0.1, 0.15) is 6.10 Å². The largest absolute Gasteiger partial charge is 0.387 e. The van der Waals surface area contributed by atoms with Gasteiger partial charge in [-0.15, -0.1) is 0 Å². The lowest BCUT2D eigenvalue weighted by Gasteiger charge is -2.22. The molecule has 4 N–H and O–H groups in total. The molecule has 0 aliphatic rings. The third-order valence-corrected chi connectivity index (χ3v) is 8.69. The van der Waals surface area contributed by atoms with Gasteiger partial charge >= 0.3 is 0 Å². The first-order valence-electron chi connectivity index (χ1n) is 17.8. The highest BCUT2D eigenvalue weighted by molar-refractivity contribution is 7.85. The van der Waals surface area contributed by atoms with Crippen molar-refractivity contribution in [3.63, 3.8) is 0 Å². The van der Waals surface area contributed by atoms with E-state index in [-0.39, 0.29) is 6.42 Å². The molecule has 0 rings (SSSR count). The molecule has 44 heavy (non-hydrogen) atoms. The lowest BCUT2D eigenvalue weighted by atomic mass is 10.0. The molecule has 0 radical (unpaired) electrons. The first-order chi connectivity index (χ1) is 21.2. The first-order valence-corrected chi connectivity index (χ1v) is 19.4. The Balaban J connectivity index is 4.24. The normalized spacial score (nSPS) is 14.6. The molecule has 0 bridgehead atoms. The zero-order chi connectivity index (χ0) is 32.7. The quantitative estimate of drug-likeness (QED) is 0.0341. The molecule has 0 aliphatic heterocycles. The Hall–Kier alpha value is -1.48. The number of aliphatic hydroxyl groups excluding tert-OH is 2. The van der Waals surface area contributed by atoms with E-state index in [1.165, 1.54) is 89.5 Å². The molecular weight excluding hydrogens is 574 g/mol. The van der Waals surface area contributed by atoms with Gasteiger partial charge in [-0.25, -0.2) is 0 Å². The van der Waals surface area contributed by atoms with Gasteiger partial charge in [0.05, 0.1) is 17.9 Å². The third kappa shape index (κ3) is 29.2. The van der Waals surface area contributed by atoms with Crippen LogP contribution in [-0.4, -0.2) is 53.1 Å². The third-order valence-electron chi connectivity index (χ3n) is 7.90. The van der Waals surface area contributed by atoms with Gasteiger partial charge in [0.25, 0.3) is 10.1 Å². The molecule has 3 unspecified atom stereocenters. The van der Waals surface area contributed by atoms with Gasteiger partial charge in [-0.2, -0.15) is 8.42 Å². The Bertz CT molecular complexity index is 855. The highest BCUT2D eigenvalue weighted by Gasteiger charge is 2.27. The van der Waals surface area contributed by atoms with Gasteiger partial charge < -0.3 is 15.5 Å². The Morgan fingerprint density at radius 3 is 1.50 bits per heavy atom. The average Bonchev–Trinajstić information content (AvgIpc) is 2.98. The summed E-state index contributed by atoms with van der Waals surface area (Å²) < 4.78 is 32.3. The number of rotatable bonds is 31. The van der Waals surface area contributed by atoms with Gasteiger partial charge in [0.15, 0.2) is 0 Å². The Morgan fingerprint density at radius 2 is 1.02 bits per heavy atom. The predicted octanol–water partition coefficient (Wildman–Crippen LogP) is 8.76. The molecule has 0 saturated carbocycles. The van der Waals surface area contributed by atoms with E-state index >= 15 is 0 Å². The SMILES string of the molecule is CCCCCCC/C=C/CC/C=C/CC/C=C/C(O)C(CS(=O)(=O)O)NC(=O)C(O)CCCCCCCCCCCCCC. The molecule has 8 heteroatoms. The molecule has 0 spiro atoms. The summed E-state index contributed by atoms with van der Waals surface area (Å²) in [6.45, 7) is 4.46. The zero-order valence-corrected chi connectivity index (χ0v) is 29.0. The van der Waals surface area contributed by atoms with Crippen LogP contribution in [0.25, 0.3) is 0 Å². The van der Waals surface area contributed by atoms with E-state index in [2.05, 4.69) is 43.5 Å². The molecule has 0 heterocycles. The fourth-order valence-corrected chi connectivity index (χ4v) is 5.87. The van der Waals surface area contributed by atoms with Crippen LogP contribution in [-0.2, 0) is 14.9 Å². The fraction of sp³-hybridized carbons (Fsp3) is 0.806. The summed E-state index contributed by atoms with van der Waals surface area (Å²) in [5.74, 6) is -1.57. The maximum absolute atomic E-state index is 12.5. The maximum atomic E-state index is 12.5. The van der Waals surface area contributed by atoms with Crippen molar-refractivity contribution in [3.8, 4) is 0 Å². The number of amides is 1. The summed E-state index contributed by atoms with van der Waals surface area (Å²) in [6.07, 6.45) is 34.8. The summed E-state index contributed by atoms with van der Waals surface area (Å²) in [5.41, 5.74) is 0. The average molecular weight is 642 g/mol. The van der Waals surface area contributed by atoms with Gasteiger partial charge in [0.2, 0.25) is 5.91 Å². The van der Waals surface area contributed by atoms with Gasteiger partial charge in [0, 0.05) is 0 Å². The van der Waals surface area contributed by atoms with Crippen LogP contribution in [0.15, 0.2) is 36.5 Å². The molecule has 0 aromatic heterocycles. The minimum Gasteiger partial charge on any atom is -0.387 e. The van der Waals surface area contributed by atoms with E-state index in [1.54, 1.807) is 6.08 Å². The fourth-order valence-electron chi connectivity index (χ4n) is 5.13. The number of carbonyl (C=O) groups is 1. The summed E-state index contributed by atoms with van der Waals surface area (Å²) >= 11 is 0. The highest BCUT2D eigenvalue weighted by Crippen LogP contribution is 2.13. The molecule has 0 aliphatic carbocycles. The van der Waals surface area contributed by atoms with E-state index in [9.17, 15) is 28.0 Å². The van der Waals surface area contributed by atoms with Gasteiger partial charge in [-0.3, -0.25) is 9.35 Å². The molecule has 0 aromatic rings. The van der Waals surface area contributed by atoms with E-state index in [4.69, 9.17) is 0 Å². The van der Waals surface area contributed by atoms with Crippen molar-refractivity contribution < 1.29 is 28.0 Å². The van der Waals surface area contributed by atoms with Crippen molar-refractivity contribution in [2.45, 2.75) is 180 Å². The summed E-state index contributed by atoms with van der Waals surface area (Å²) in [4.78, 5) is 12.5. The van der Waals surface area contributed by atoms with Crippen molar-refractivity contribution in [1.82, 2.24) is 5.32 Å². The summed E-state index contributed by atoms with van der Waals surface area (Å²) in [7, 11) is -4.45. The first kappa shape index (κ1) is 42.5. The molecule has 1 amide bonds. The lowest BCUT2D eigenvalue weighted by Crippen LogP contribution is -2.50. The van der Waals surface area contributed by atoms with Crippen LogP contribution < -0.4 is 5.32 Å². The second kappa shape index (κ2) is 30.2. The van der Waals surface area contributed by atoms with E-state index in [0.29, 0.717) is 12.8 Å². The van der Waals surface area contributed by atoms with Crippen LogP contribution in [0.2, 0.25) is 0 Å². The van der Waals surface area contributed by atoms with Crippen molar-refractivity contribution >= 4 is 16.0 Å². The van der Waals surface area contributed by atoms with Crippen LogP contribution in [0.3, 0.4) is 0 Å². The Kier molecular flexibility index (Phi) is 29.2. The molecular formula is C36H67NO6S. The predicted molar refractivity (Wildman–Crippen MR) is 185 cm³/mol. The van der Waals surface area contributed by atoms with E-state index in [0.717, 1.165) is 44.9 Å². The molecule has 0 saturated heterocycles. The van der Waals surface area contributed by atoms with Gasteiger partial charge in [-0.1, -0.05) is 153 Å². The molecule has 3 atom stereocenters. The number of allylic oxidation sites excluding steroid dienone is 5. The number of unbranched alkanes of at least 4 members (excludes halogenated alkanes) is 18. The van der Waals surface area contributed by atoms with Crippen molar-refractivity contribution in [1.29, 1.82) is 0 Å². The van der Waals surface area contributed by atoms with Crippen LogP contribution in [0, 0.1) is 0 Å². The number of aliphatic hydroxyl groups is 2. The second-order valence-electron chi connectivity index (χ2n) is 12.3. The number of carbonyl (C=O) groups excluding carboxylic acids is 1. The summed E-state index contributed by atoms with van der Waals surface area (Å²) in [5, 5.41) is 23.2. The Labute approximate surface area is 270 Å². The molecule has 258 valence electrons. The number of hydrogen-bond donors (Lipinski definition) is 4. The van der Waals surface area contributed by atoms with Crippen LogP contribution >= 0.6 is 0 Å². The van der Waals surface area contributed by atoms with Crippen LogP contribution in [0.4, 0.5) is 0 Å². The van der Waals surface area contributed by atoms with Gasteiger partial charge in [-0.05, 0) is 44.9 Å². The van der Waals surface area contributed by atoms with E-state index in [1.807, 2.05) is 0 Å². The molecule has 0 aromatic carbocycles. The standard InChI is InChI=1S/C36H67NO6S/c1-3-5-7-9-11-13-15-17-18-19-21-22-24-26-28-30-34(38)33(32-44(41,42)43)37-36(40)35(39)31-29-27-25-23-20-16-14-12-10-8-6-4-2/h15,17,21-22,28,30,33-35,38-39H,3-14,16,18-20,23-27,29,31-32H2,1-2H3,(H,37,40)(H,41,42,43)/b17-15+,22-21+,30-28+. The van der Waals surface area contributed by atoms with Crippen LogP contribution in [0.5, 0.6) is 0 Å². The van der Waals surface area contributed by atoms with E-state index < -0.39 is 40.0 Å². The van der Waals surface area contributed by atoms with Crippen LogP contribution in [0.1, 0.15) is 162 Å². The number of nitrogens with one attached hydrogen (secondary N) is 1. The topological polar surface area (TPSA) is 124 Å². The second-order valence-corrected chi connectivity index (χ2v) is 13.8. The lowest BCUT2D eigenvalue weighted by molar-refractivity contribution is -0.130.